The highest BCUT2D eigenvalue weighted by molar-refractivity contribution is 9.08. The standard InChI is InChI=1S/C22H24Br2N2O4/c1-5-7-11-13(9-23)21(29-3)25-17-15(11)19(27)16-12(8-6-2)14(10-24)22(30-4)26-18(16)20(17)28/h5-10H2,1-4H3. The molecule has 0 saturated carbocycles. The number of hydrogen-bond acceptors (Lipinski definition) is 6. The molecule has 160 valence electrons. The van der Waals surface area contributed by atoms with Crippen molar-refractivity contribution in [3.05, 3.63) is 44.8 Å². The monoisotopic (exact) mass is 538 g/mol. The van der Waals surface area contributed by atoms with Crippen LogP contribution in [0.2, 0.25) is 0 Å². The topological polar surface area (TPSA) is 78.4 Å². The number of nitrogens with zero attached hydrogens (tertiary/aromatic N) is 2. The third kappa shape index (κ3) is 3.58. The second-order valence-corrected chi connectivity index (χ2v) is 8.15. The molecular formula is C22H24Br2N2O4. The van der Waals surface area contributed by atoms with E-state index in [2.05, 4.69) is 41.8 Å². The molecule has 0 spiro atoms. The molecule has 30 heavy (non-hydrogen) atoms. The molecule has 0 N–H and O–H groups in total. The van der Waals surface area contributed by atoms with Gasteiger partial charge in [0.1, 0.15) is 11.4 Å². The summed E-state index contributed by atoms with van der Waals surface area (Å²) in [7, 11) is 3.03. The van der Waals surface area contributed by atoms with E-state index in [1.807, 2.05) is 13.8 Å². The largest absolute Gasteiger partial charge is 0.481 e. The zero-order valence-electron chi connectivity index (χ0n) is 17.5. The van der Waals surface area contributed by atoms with Gasteiger partial charge in [-0.2, -0.15) is 0 Å². The number of hydrogen-bond donors (Lipinski definition) is 0. The van der Waals surface area contributed by atoms with Gasteiger partial charge < -0.3 is 9.47 Å². The number of aromatic nitrogens is 2. The number of fused-ring (bicyclic) bond motifs is 2. The van der Waals surface area contributed by atoms with Crippen LogP contribution in [-0.4, -0.2) is 35.8 Å². The average molecular weight is 540 g/mol. The first-order valence-corrected chi connectivity index (χ1v) is 12.1. The van der Waals surface area contributed by atoms with E-state index < -0.39 is 0 Å². The molecule has 6 nitrogen and oxygen atoms in total. The summed E-state index contributed by atoms with van der Waals surface area (Å²) in [5.74, 6) is 0.155. The van der Waals surface area contributed by atoms with Crippen molar-refractivity contribution in [1.29, 1.82) is 0 Å². The average Bonchev–Trinajstić information content (AvgIpc) is 2.76. The Morgan fingerprint density at radius 1 is 0.700 bits per heavy atom. The summed E-state index contributed by atoms with van der Waals surface area (Å²) in [6.45, 7) is 4.08. The molecule has 1 aliphatic carbocycles. The van der Waals surface area contributed by atoms with Gasteiger partial charge >= 0.3 is 0 Å². The maximum atomic E-state index is 13.8. The van der Waals surface area contributed by atoms with Crippen molar-refractivity contribution in [2.45, 2.75) is 50.2 Å². The van der Waals surface area contributed by atoms with E-state index in [0.717, 1.165) is 35.1 Å². The van der Waals surface area contributed by atoms with Crippen molar-refractivity contribution >= 4 is 43.4 Å². The number of methoxy groups -OCH3 is 2. The molecule has 0 atom stereocenters. The Kier molecular flexibility index (Phi) is 7.29. The SMILES string of the molecule is CCCc1c(CBr)c(OC)nc2c1C(=O)c1c(nc(OC)c(CBr)c1CCC)C2=O. The van der Waals surface area contributed by atoms with Crippen LogP contribution in [0.15, 0.2) is 0 Å². The number of rotatable bonds is 8. The van der Waals surface area contributed by atoms with Crippen molar-refractivity contribution in [2.24, 2.45) is 0 Å². The van der Waals surface area contributed by atoms with Crippen LogP contribution in [0.4, 0.5) is 0 Å². The first-order valence-electron chi connectivity index (χ1n) is 9.89. The van der Waals surface area contributed by atoms with E-state index in [0.29, 0.717) is 46.4 Å². The van der Waals surface area contributed by atoms with Gasteiger partial charge in [0.25, 0.3) is 0 Å². The first-order chi connectivity index (χ1) is 14.5. The van der Waals surface area contributed by atoms with Crippen molar-refractivity contribution in [2.75, 3.05) is 14.2 Å². The highest BCUT2D eigenvalue weighted by Crippen LogP contribution is 2.39. The second-order valence-electron chi connectivity index (χ2n) is 7.03. The van der Waals surface area contributed by atoms with Crippen LogP contribution in [-0.2, 0) is 23.5 Å². The lowest BCUT2D eigenvalue weighted by Crippen LogP contribution is -2.29. The van der Waals surface area contributed by atoms with Crippen LogP contribution in [0.5, 0.6) is 11.8 Å². The second kappa shape index (κ2) is 9.56. The number of carbonyl (C=O) groups excluding carboxylic acids is 2. The Morgan fingerprint density at radius 3 is 1.40 bits per heavy atom. The zero-order valence-corrected chi connectivity index (χ0v) is 20.7. The Hall–Kier alpha value is -1.80. The highest BCUT2D eigenvalue weighted by atomic mass is 79.9. The molecule has 0 bridgehead atoms. The number of carbonyl (C=O) groups is 2. The molecule has 0 saturated heterocycles. The van der Waals surface area contributed by atoms with Gasteiger partial charge in [-0.25, -0.2) is 9.97 Å². The molecule has 0 aromatic carbocycles. The summed E-state index contributed by atoms with van der Waals surface area (Å²) in [4.78, 5) is 36.2. The molecule has 0 radical (unpaired) electrons. The van der Waals surface area contributed by atoms with Crippen LogP contribution in [0.1, 0.15) is 81.0 Å². The zero-order chi connectivity index (χ0) is 22.0. The predicted molar refractivity (Wildman–Crippen MR) is 122 cm³/mol. The van der Waals surface area contributed by atoms with Gasteiger partial charge in [0.2, 0.25) is 17.5 Å². The molecule has 0 aliphatic heterocycles. The Morgan fingerprint density at radius 2 is 1.10 bits per heavy atom. The molecule has 3 rings (SSSR count). The summed E-state index contributed by atoms with van der Waals surface area (Å²) in [6, 6.07) is 0. The molecule has 2 aromatic heterocycles. The van der Waals surface area contributed by atoms with E-state index in [9.17, 15) is 9.59 Å². The van der Waals surface area contributed by atoms with Crippen molar-refractivity contribution < 1.29 is 19.1 Å². The third-order valence-electron chi connectivity index (χ3n) is 5.29. The fourth-order valence-electron chi connectivity index (χ4n) is 4.02. The smallest absolute Gasteiger partial charge is 0.231 e. The summed E-state index contributed by atoms with van der Waals surface area (Å²) >= 11 is 6.99. The van der Waals surface area contributed by atoms with Gasteiger partial charge in [-0.3, -0.25) is 9.59 Å². The summed E-state index contributed by atoms with van der Waals surface area (Å²) < 4.78 is 10.9. The van der Waals surface area contributed by atoms with Crippen LogP contribution in [0, 0.1) is 0 Å². The number of halogens is 2. The summed E-state index contributed by atoms with van der Waals surface area (Å²) in [5.41, 5.74) is 4.24. The van der Waals surface area contributed by atoms with E-state index >= 15 is 0 Å². The summed E-state index contributed by atoms with van der Waals surface area (Å²) in [6.07, 6.45) is 2.94. The molecule has 0 fully saturated rings. The molecule has 2 aromatic rings. The first kappa shape index (κ1) is 22.9. The predicted octanol–water partition coefficient (Wildman–Crippen LogP) is 4.96. The maximum Gasteiger partial charge on any atom is 0.231 e. The Labute approximate surface area is 193 Å². The van der Waals surface area contributed by atoms with Crippen molar-refractivity contribution in [1.82, 2.24) is 9.97 Å². The third-order valence-corrected chi connectivity index (χ3v) is 6.41. The lowest BCUT2D eigenvalue weighted by atomic mass is 9.81. The minimum Gasteiger partial charge on any atom is -0.481 e. The number of ether oxygens (including phenoxy) is 2. The summed E-state index contributed by atoms with van der Waals surface area (Å²) in [5, 5.41) is 0.963. The minimum atomic E-state index is -0.367. The molecule has 0 unspecified atom stereocenters. The van der Waals surface area contributed by atoms with E-state index in [1.165, 1.54) is 14.2 Å². The van der Waals surface area contributed by atoms with Gasteiger partial charge in [0, 0.05) is 21.8 Å². The van der Waals surface area contributed by atoms with Crippen LogP contribution >= 0.6 is 31.9 Å². The van der Waals surface area contributed by atoms with Crippen molar-refractivity contribution in [3.63, 3.8) is 0 Å². The normalized spacial score (nSPS) is 12.6. The molecule has 1 aliphatic rings. The van der Waals surface area contributed by atoms with E-state index in [4.69, 9.17) is 9.47 Å². The van der Waals surface area contributed by atoms with Crippen LogP contribution in [0.25, 0.3) is 0 Å². The minimum absolute atomic E-state index is 0.112. The Balaban J connectivity index is 2.41. The molecule has 0 amide bonds. The highest BCUT2D eigenvalue weighted by Gasteiger charge is 2.39. The van der Waals surface area contributed by atoms with Gasteiger partial charge in [0.15, 0.2) is 5.78 Å². The number of pyridine rings is 2. The molecular weight excluding hydrogens is 516 g/mol. The fraction of sp³-hybridized carbons (Fsp3) is 0.455. The number of alkyl halides is 2. The van der Waals surface area contributed by atoms with Gasteiger partial charge in [-0.1, -0.05) is 58.5 Å². The molecule has 2 heterocycles. The lowest BCUT2D eigenvalue weighted by Gasteiger charge is -2.25. The maximum absolute atomic E-state index is 13.8. The number of ketones is 2. The van der Waals surface area contributed by atoms with Gasteiger partial charge in [0.05, 0.1) is 25.3 Å². The molecule has 8 heteroatoms. The van der Waals surface area contributed by atoms with E-state index in [1.54, 1.807) is 0 Å². The lowest BCUT2D eigenvalue weighted by molar-refractivity contribution is 0.0968. The van der Waals surface area contributed by atoms with E-state index in [-0.39, 0.29) is 23.0 Å². The fourth-order valence-corrected chi connectivity index (χ4v) is 5.17. The van der Waals surface area contributed by atoms with Gasteiger partial charge in [-0.05, 0) is 24.0 Å². The van der Waals surface area contributed by atoms with Gasteiger partial charge in [-0.15, -0.1) is 0 Å². The quantitative estimate of drug-likeness (QED) is 0.376. The van der Waals surface area contributed by atoms with Crippen LogP contribution < -0.4 is 9.47 Å². The van der Waals surface area contributed by atoms with Crippen molar-refractivity contribution in [3.8, 4) is 11.8 Å². The Bertz CT molecular complexity index is 944. The van der Waals surface area contributed by atoms with Crippen LogP contribution in [0.3, 0.4) is 0 Å².